The van der Waals surface area contributed by atoms with E-state index in [-0.39, 0.29) is 6.03 Å². The highest BCUT2D eigenvalue weighted by molar-refractivity contribution is 5.88. The average Bonchev–Trinajstić information content (AvgIpc) is 2.62. The molecule has 1 aromatic heterocycles. The highest BCUT2D eigenvalue weighted by Gasteiger charge is 2.23. The van der Waals surface area contributed by atoms with Gasteiger partial charge in [0, 0.05) is 32.4 Å². The second-order valence-corrected chi connectivity index (χ2v) is 5.17. The molecule has 1 fully saturated rings. The number of aromatic nitrogens is 2. The Kier molecular flexibility index (Phi) is 4.56. The van der Waals surface area contributed by atoms with Crippen molar-refractivity contribution in [2.24, 2.45) is 0 Å². The molecule has 1 saturated heterocycles. The molecule has 120 valence electrons. The molecule has 0 spiro atoms. The molecule has 1 aromatic carbocycles. The van der Waals surface area contributed by atoms with Crippen LogP contribution in [0.1, 0.15) is 0 Å². The van der Waals surface area contributed by atoms with E-state index < -0.39 is 0 Å². The maximum absolute atomic E-state index is 12.2. The van der Waals surface area contributed by atoms with E-state index in [0.29, 0.717) is 18.9 Å². The third kappa shape index (κ3) is 3.50. The Bertz CT molecular complexity index is 657. The number of carbonyl (C=O) groups excluding carboxylic acids is 1. The number of anilines is 2. The minimum Gasteiger partial charge on any atom is -0.495 e. The number of benzene rings is 1. The number of urea groups is 1. The van der Waals surface area contributed by atoms with Gasteiger partial charge in [-0.05, 0) is 18.2 Å². The Balaban J connectivity index is 1.59. The molecule has 7 heteroatoms. The summed E-state index contributed by atoms with van der Waals surface area (Å²) in [6.45, 7) is 2.82. The zero-order chi connectivity index (χ0) is 16.1. The van der Waals surface area contributed by atoms with E-state index in [1.165, 1.54) is 6.33 Å². The lowest BCUT2D eigenvalue weighted by Crippen LogP contribution is -2.50. The summed E-state index contributed by atoms with van der Waals surface area (Å²) in [4.78, 5) is 24.1. The molecule has 2 heterocycles. The fraction of sp³-hybridized carbons (Fsp3) is 0.312. The Hall–Kier alpha value is -2.83. The van der Waals surface area contributed by atoms with Crippen LogP contribution in [0.25, 0.3) is 0 Å². The van der Waals surface area contributed by atoms with Gasteiger partial charge >= 0.3 is 6.03 Å². The predicted octanol–water partition coefficient (Wildman–Crippen LogP) is 1.84. The van der Waals surface area contributed by atoms with Crippen LogP contribution in [0.15, 0.2) is 42.9 Å². The molecular weight excluding hydrogens is 294 g/mol. The lowest BCUT2D eigenvalue weighted by Gasteiger charge is -2.36. The minimum atomic E-state index is -0.136. The first-order valence-electron chi connectivity index (χ1n) is 7.48. The number of hydrogen-bond acceptors (Lipinski definition) is 5. The van der Waals surface area contributed by atoms with Crippen molar-refractivity contribution in [2.75, 3.05) is 43.5 Å². The van der Waals surface area contributed by atoms with Crippen molar-refractivity contribution < 1.29 is 9.53 Å². The number of piperazine rings is 1. The average molecular weight is 313 g/mol. The summed E-state index contributed by atoms with van der Waals surface area (Å²) < 4.78 is 5.40. The quantitative estimate of drug-likeness (QED) is 0.936. The van der Waals surface area contributed by atoms with Crippen LogP contribution in [0.4, 0.5) is 16.3 Å². The highest BCUT2D eigenvalue weighted by Crippen LogP contribution is 2.28. The molecule has 23 heavy (non-hydrogen) atoms. The monoisotopic (exact) mass is 313 g/mol. The van der Waals surface area contributed by atoms with Crippen molar-refractivity contribution in [2.45, 2.75) is 0 Å². The molecule has 0 bridgehead atoms. The molecule has 7 nitrogen and oxygen atoms in total. The molecule has 2 aromatic rings. The van der Waals surface area contributed by atoms with E-state index in [9.17, 15) is 4.79 Å². The van der Waals surface area contributed by atoms with Crippen LogP contribution < -0.4 is 15.0 Å². The summed E-state index contributed by atoms with van der Waals surface area (Å²) >= 11 is 0. The fourth-order valence-electron chi connectivity index (χ4n) is 2.59. The standard InChI is InChI=1S/C16H19N5O2/c1-23-14-5-3-2-4-13(14)20-8-10-21(11-9-20)16(22)19-15-6-7-17-12-18-15/h2-7,12H,8-11H2,1H3,(H,17,18,19,22). The van der Waals surface area contributed by atoms with Crippen LogP contribution in [-0.4, -0.2) is 54.2 Å². The summed E-state index contributed by atoms with van der Waals surface area (Å²) in [5.74, 6) is 1.36. The van der Waals surface area contributed by atoms with Crippen molar-refractivity contribution in [3.05, 3.63) is 42.9 Å². The van der Waals surface area contributed by atoms with E-state index in [1.807, 2.05) is 24.3 Å². The Morgan fingerprint density at radius 1 is 1.17 bits per heavy atom. The lowest BCUT2D eigenvalue weighted by molar-refractivity contribution is 0.208. The Morgan fingerprint density at radius 3 is 2.65 bits per heavy atom. The number of hydrogen-bond donors (Lipinski definition) is 1. The number of nitrogens with zero attached hydrogens (tertiary/aromatic N) is 4. The lowest BCUT2D eigenvalue weighted by atomic mass is 10.2. The predicted molar refractivity (Wildman–Crippen MR) is 87.8 cm³/mol. The van der Waals surface area contributed by atoms with Crippen LogP contribution in [0.2, 0.25) is 0 Å². The van der Waals surface area contributed by atoms with Crippen molar-refractivity contribution >= 4 is 17.5 Å². The Labute approximate surface area is 134 Å². The fourth-order valence-corrected chi connectivity index (χ4v) is 2.59. The maximum Gasteiger partial charge on any atom is 0.323 e. The molecule has 2 amide bonds. The number of methoxy groups -OCH3 is 1. The molecular formula is C16H19N5O2. The first-order chi connectivity index (χ1) is 11.3. The van der Waals surface area contributed by atoms with Crippen LogP contribution in [0, 0.1) is 0 Å². The number of amides is 2. The highest BCUT2D eigenvalue weighted by atomic mass is 16.5. The first-order valence-corrected chi connectivity index (χ1v) is 7.48. The van der Waals surface area contributed by atoms with Crippen molar-refractivity contribution in [1.82, 2.24) is 14.9 Å². The molecule has 0 aliphatic carbocycles. The van der Waals surface area contributed by atoms with Crippen molar-refractivity contribution in [3.63, 3.8) is 0 Å². The van der Waals surface area contributed by atoms with Crippen LogP contribution in [0.3, 0.4) is 0 Å². The third-order valence-corrected chi connectivity index (χ3v) is 3.81. The smallest absolute Gasteiger partial charge is 0.323 e. The molecule has 0 unspecified atom stereocenters. The SMILES string of the molecule is COc1ccccc1N1CCN(C(=O)Nc2ccncn2)CC1. The molecule has 3 rings (SSSR count). The molecule has 1 aliphatic rings. The molecule has 0 radical (unpaired) electrons. The molecule has 0 saturated carbocycles. The van der Waals surface area contributed by atoms with Gasteiger partial charge in [0.25, 0.3) is 0 Å². The van der Waals surface area contributed by atoms with Gasteiger partial charge in [-0.25, -0.2) is 14.8 Å². The summed E-state index contributed by atoms with van der Waals surface area (Å²) in [6.07, 6.45) is 3.01. The van der Waals surface area contributed by atoms with Gasteiger partial charge in [0.05, 0.1) is 12.8 Å². The summed E-state index contributed by atoms with van der Waals surface area (Å²) in [5.41, 5.74) is 1.06. The van der Waals surface area contributed by atoms with E-state index in [4.69, 9.17) is 4.74 Å². The van der Waals surface area contributed by atoms with Gasteiger partial charge in [0.1, 0.15) is 17.9 Å². The van der Waals surface area contributed by atoms with Crippen LogP contribution in [0.5, 0.6) is 5.75 Å². The van der Waals surface area contributed by atoms with Gasteiger partial charge in [-0.3, -0.25) is 5.32 Å². The number of carbonyl (C=O) groups is 1. The number of rotatable bonds is 3. The number of para-hydroxylation sites is 2. The van der Waals surface area contributed by atoms with Gasteiger partial charge in [0.2, 0.25) is 0 Å². The Morgan fingerprint density at radius 2 is 1.96 bits per heavy atom. The van der Waals surface area contributed by atoms with E-state index >= 15 is 0 Å². The van der Waals surface area contributed by atoms with Crippen LogP contribution in [-0.2, 0) is 0 Å². The zero-order valence-electron chi connectivity index (χ0n) is 13.0. The summed E-state index contributed by atoms with van der Waals surface area (Å²) in [7, 11) is 1.67. The van der Waals surface area contributed by atoms with Gasteiger partial charge < -0.3 is 14.5 Å². The largest absolute Gasteiger partial charge is 0.495 e. The van der Waals surface area contributed by atoms with E-state index in [1.54, 1.807) is 24.3 Å². The molecule has 1 N–H and O–H groups in total. The van der Waals surface area contributed by atoms with E-state index in [0.717, 1.165) is 24.5 Å². The normalized spacial score (nSPS) is 14.5. The molecule has 1 aliphatic heterocycles. The van der Waals surface area contributed by atoms with Gasteiger partial charge in [-0.1, -0.05) is 12.1 Å². The van der Waals surface area contributed by atoms with Crippen LogP contribution >= 0.6 is 0 Å². The first kappa shape index (κ1) is 15.1. The third-order valence-electron chi connectivity index (χ3n) is 3.81. The summed E-state index contributed by atoms with van der Waals surface area (Å²) in [5, 5.41) is 2.78. The zero-order valence-corrected chi connectivity index (χ0v) is 13.0. The van der Waals surface area contributed by atoms with Gasteiger partial charge in [0.15, 0.2) is 0 Å². The number of ether oxygens (including phenoxy) is 1. The second kappa shape index (κ2) is 6.95. The molecule has 0 atom stereocenters. The number of nitrogens with one attached hydrogen (secondary N) is 1. The van der Waals surface area contributed by atoms with Gasteiger partial charge in [-0.2, -0.15) is 0 Å². The topological polar surface area (TPSA) is 70.6 Å². The summed E-state index contributed by atoms with van der Waals surface area (Å²) in [6, 6.07) is 9.46. The maximum atomic E-state index is 12.2. The minimum absolute atomic E-state index is 0.136. The van der Waals surface area contributed by atoms with E-state index in [2.05, 4.69) is 20.2 Å². The van der Waals surface area contributed by atoms with Crippen molar-refractivity contribution in [1.29, 1.82) is 0 Å². The van der Waals surface area contributed by atoms with Crippen molar-refractivity contribution in [3.8, 4) is 5.75 Å². The second-order valence-electron chi connectivity index (χ2n) is 5.17. The van der Waals surface area contributed by atoms with Gasteiger partial charge in [-0.15, -0.1) is 0 Å².